The molecule has 0 heterocycles. The minimum absolute atomic E-state index is 0.0233. The van der Waals surface area contributed by atoms with Crippen molar-refractivity contribution < 1.29 is 20.4 Å². The molecule has 0 bridgehead atoms. The van der Waals surface area contributed by atoms with Gasteiger partial charge < -0.3 is 20.4 Å². The molecule has 23 heavy (non-hydrogen) atoms. The molecular weight excluding hydrogens is 292 g/mol. The third kappa shape index (κ3) is 3.89. The average Bonchev–Trinajstić information content (AvgIpc) is 2.45. The number of phenolic OH excluding ortho intramolecular Hbond substituents is 4. The zero-order valence-electron chi connectivity index (χ0n) is 13.6. The normalized spacial score (nSPS) is 10.9. The number of aryl methyl sites for hydroxylation is 2. The van der Waals surface area contributed by atoms with Crippen molar-refractivity contribution in [3.8, 4) is 23.0 Å². The lowest BCUT2D eigenvalue weighted by atomic mass is 9.97. The van der Waals surface area contributed by atoms with Crippen LogP contribution in [0.1, 0.15) is 48.9 Å². The molecule has 0 fully saturated rings. The summed E-state index contributed by atoms with van der Waals surface area (Å²) in [5, 5.41) is 40.6. The standard InChI is InChI=1S/C19H24O4/c1-3-5-12-7-16(20)14(17(21)8-12)11-15-18(22)9-13(6-4-2)10-19(15)23/h7-10,20-23H,3-6,11H2,1-2H3. The predicted molar refractivity (Wildman–Crippen MR) is 90.3 cm³/mol. The van der Waals surface area contributed by atoms with Gasteiger partial charge in [-0.3, -0.25) is 0 Å². The Hall–Kier alpha value is -2.36. The summed E-state index contributed by atoms with van der Waals surface area (Å²) in [7, 11) is 0. The molecule has 2 aromatic rings. The Morgan fingerprint density at radius 3 is 1.17 bits per heavy atom. The highest BCUT2D eigenvalue weighted by Gasteiger charge is 2.16. The molecule has 0 aliphatic rings. The molecule has 2 rings (SSSR count). The molecule has 2 aromatic carbocycles. The number of hydrogen-bond donors (Lipinski definition) is 4. The molecule has 0 atom stereocenters. The molecular formula is C19H24O4. The maximum Gasteiger partial charge on any atom is 0.123 e. The molecule has 0 saturated heterocycles. The van der Waals surface area contributed by atoms with Crippen molar-refractivity contribution in [1.82, 2.24) is 0 Å². The molecule has 4 N–H and O–H groups in total. The van der Waals surface area contributed by atoms with Crippen LogP contribution in [-0.2, 0) is 19.3 Å². The van der Waals surface area contributed by atoms with E-state index in [2.05, 4.69) is 0 Å². The van der Waals surface area contributed by atoms with E-state index in [1.807, 2.05) is 13.8 Å². The van der Waals surface area contributed by atoms with Crippen molar-refractivity contribution in [2.75, 3.05) is 0 Å². The van der Waals surface area contributed by atoms with Gasteiger partial charge in [-0.25, -0.2) is 0 Å². The Bertz CT molecular complexity index is 586. The first-order valence-corrected chi connectivity index (χ1v) is 8.03. The zero-order valence-corrected chi connectivity index (χ0v) is 13.6. The SMILES string of the molecule is CCCc1cc(O)c(Cc2c(O)cc(CCC)cc2O)c(O)c1. The maximum absolute atomic E-state index is 10.2. The van der Waals surface area contributed by atoms with Gasteiger partial charge >= 0.3 is 0 Å². The Balaban J connectivity index is 2.36. The molecule has 0 aliphatic carbocycles. The van der Waals surface area contributed by atoms with Crippen molar-refractivity contribution in [3.05, 3.63) is 46.5 Å². The maximum atomic E-state index is 10.2. The third-order valence-corrected chi connectivity index (χ3v) is 3.96. The van der Waals surface area contributed by atoms with Crippen molar-refractivity contribution in [2.45, 2.75) is 46.0 Å². The first kappa shape index (κ1) is 17.0. The summed E-state index contributed by atoms with van der Waals surface area (Å²) in [6.45, 7) is 4.05. The second-order valence-corrected chi connectivity index (χ2v) is 5.90. The Morgan fingerprint density at radius 1 is 0.609 bits per heavy atom. The van der Waals surface area contributed by atoms with E-state index in [-0.39, 0.29) is 29.4 Å². The lowest BCUT2D eigenvalue weighted by molar-refractivity contribution is 0.428. The van der Waals surface area contributed by atoms with Crippen LogP contribution in [0.5, 0.6) is 23.0 Å². The van der Waals surface area contributed by atoms with Gasteiger partial charge in [0.1, 0.15) is 23.0 Å². The van der Waals surface area contributed by atoms with E-state index >= 15 is 0 Å². The monoisotopic (exact) mass is 316 g/mol. The number of aromatic hydroxyl groups is 4. The van der Waals surface area contributed by atoms with Crippen LogP contribution in [0.25, 0.3) is 0 Å². The van der Waals surface area contributed by atoms with Gasteiger partial charge in [-0.2, -0.15) is 0 Å². The lowest BCUT2D eigenvalue weighted by Gasteiger charge is -2.13. The molecule has 0 unspecified atom stereocenters. The van der Waals surface area contributed by atoms with Crippen LogP contribution in [0, 0.1) is 0 Å². The first-order chi connectivity index (χ1) is 11.0. The van der Waals surface area contributed by atoms with Gasteiger partial charge in [-0.05, 0) is 48.2 Å². The van der Waals surface area contributed by atoms with Gasteiger partial charge in [0.25, 0.3) is 0 Å². The minimum atomic E-state index is -0.0233. The van der Waals surface area contributed by atoms with Crippen LogP contribution in [-0.4, -0.2) is 20.4 Å². The Kier molecular flexibility index (Phi) is 5.37. The summed E-state index contributed by atoms with van der Waals surface area (Å²) in [5.41, 5.74) is 2.33. The van der Waals surface area contributed by atoms with E-state index in [9.17, 15) is 20.4 Å². The second kappa shape index (κ2) is 7.27. The summed E-state index contributed by atoms with van der Waals surface area (Å²) in [6, 6.07) is 6.49. The molecule has 124 valence electrons. The van der Waals surface area contributed by atoms with Crippen molar-refractivity contribution >= 4 is 0 Å². The average molecular weight is 316 g/mol. The first-order valence-electron chi connectivity index (χ1n) is 8.03. The topological polar surface area (TPSA) is 80.9 Å². The largest absolute Gasteiger partial charge is 0.508 e. The van der Waals surface area contributed by atoms with Gasteiger partial charge in [-0.1, -0.05) is 26.7 Å². The number of phenols is 4. The lowest BCUT2D eigenvalue weighted by Crippen LogP contribution is -1.95. The van der Waals surface area contributed by atoms with Crippen LogP contribution in [0.15, 0.2) is 24.3 Å². The second-order valence-electron chi connectivity index (χ2n) is 5.90. The number of rotatable bonds is 6. The van der Waals surface area contributed by atoms with Gasteiger partial charge in [-0.15, -0.1) is 0 Å². The molecule has 0 radical (unpaired) electrons. The highest BCUT2D eigenvalue weighted by molar-refractivity contribution is 5.54. The fourth-order valence-corrected chi connectivity index (χ4v) is 2.80. The fraction of sp³-hybridized carbons (Fsp3) is 0.368. The van der Waals surface area contributed by atoms with E-state index in [1.54, 1.807) is 24.3 Å². The van der Waals surface area contributed by atoms with Crippen LogP contribution in [0.3, 0.4) is 0 Å². The molecule has 0 spiro atoms. The quantitative estimate of drug-likeness (QED) is 0.649. The van der Waals surface area contributed by atoms with Crippen molar-refractivity contribution in [2.24, 2.45) is 0 Å². The smallest absolute Gasteiger partial charge is 0.123 e. The van der Waals surface area contributed by atoms with E-state index in [4.69, 9.17) is 0 Å². The van der Waals surface area contributed by atoms with E-state index in [0.29, 0.717) is 11.1 Å². The summed E-state index contributed by atoms with van der Waals surface area (Å²) >= 11 is 0. The molecule has 0 saturated carbocycles. The van der Waals surface area contributed by atoms with Crippen LogP contribution in [0.2, 0.25) is 0 Å². The summed E-state index contributed by atoms with van der Waals surface area (Å²) < 4.78 is 0. The predicted octanol–water partition coefficient (Wildman–Crippen LogP) is 4.00. The highest BCUT2D eigenvalue weighted by atomic mass is 16.3. The Morgan fingerprint density at radius 2 is 0.913 bits per heavy atom. The molecule has 0 aliphatic heterocycles. The Labute approximate surface area is 136 Å². The summed E-state index contributed by atoms with van der Waals surface area (Å²) in [4.78, 5) is 0. The summed E-state index contributed by atoms with van der Waals surface area (Å²) in [5.74, 6) is -0.0930. The van der Waals surface area contributed by atoms with Crippen molar-refractivity contribution in [1.29, 1.82) is 0 Å². The number of benzene rings is 2. The molecule has 0 amide bonds. The number of hydrogen-bond acceptors (Lipinski definition) is 4. The minimum Gasteiger partial charge on any atom is -0.508 e. The zero-order chi connectivity index (χ0) is 17.0. The van der Waals surface area contributed by atoms with Crippen LogP contribution >= 0.6 is 0 Å². The molecule has 0 aromatic heterocycles. The van der Waals surface area contributed by atoms with Crippen molar-refractivity contribution in [3.63, 3.8) is 0 Å². The molecule has 4 heteroatoms. The third-order valence-electron chi connectivity index (χ3n) is 3.96. The fourth-order valence-electron chi connectivity index (χ4n) is 2.80. The highest BCUT2D eigenvalue weighted by Crippen LogP contribution is 2.37. The van der Waals surface area contributed by atoms with Crippen LogP contribution in [0.4, 0.5) is 0 Å². The van der Waals surface area contributed by atoms with Gasteiger partial charge in [0, 0.05) is 17.5 Å². The van der Waals surface area contributed by atoms with Gasteiger partial charge in [0.2, 0.25) is 0 Å². The van der Waals surface area contributed by atoms with E-state index in [1.165, 1.54) is 0 Å². The summed E-state index contributed by atoms with van der Waals surface area (Å²) in [6.07, 6.45) is 3.43. The van der Waals surface area contributed by atoms with E-state index < -0.39 is 0 Å². The van der Waals surface area contributed by atoms with E-state index in [0.717, 1.165) is 36.8 Å². The van der Waals surface area contributed by atoms with Gasteiger partial charge in [0.05, 0.1) is 0 Å². The van der Waals surface area contributed by atoms with Crippen LogP contribution < -0.4 is 0 Å². The molecule has 4 nitrogen and oxygen atoms in total. The van der Waals surface area contributed by atoms with Gasteiger partial charge in [0.15, 0.2) is 0 Å².